The molecule has 2 heterocycles. The van der Waals surface area contributed by atoms with Gasteiger partial charge in [0.1, 0.15) is 0 Å². The molecule has 0 radical (unpaired) electrons. The Hall–Kier alpha value is -1.32. The zero-order valence-corrected chi connectivity index (χ0v) is 12.0. The highest BCUT2D eigenvalue weighted by atomic mass is 15.2. The Kier molecular flexibility index (Phi) is 2.86. The number of hydrogen-bond donors (Lipinski definition) is 2. The van der Waals surface area contributed by atoms with Crippen LogP contribution in [-0.2, 0) is 13.0 Å². The van der Waals surface area contributed by atoms with Crippen molar-refractivity contribution in [2.75, 3.05) is 19.6 Å². The molecule has 0 bridgehead atoms. The Bertz CT molecular complexity index is 616. The molecule has 2 aliphatic rings. The fraction of sp³-hybridized carbons (Fsp3) is 0.529. The number of aromatic nitrogens is 1. The fourth-order valence-electron chi connectivity index (χ4n) is 3.83. The second-order valence-electron chi connectivity index (χ2n) is 6.73. The molecule has 4 rings (SSSR count). The van der Waals surface area contributed by atoms with Gasteiger partial charge in [-0.15, -0.1) is 0 Å². The lowest BCUT2D eigenvalue weighted by Gasteiger charge is -2.56. The van der Waals surface area contributed by atoms with Gasteiger partial charge < -0.3 is 15.6 Å². The van der Waals surface area contributed by atoms with Crippen LogP contribution in [0.25, 0.3) is 10.9 Å². The van der Waals surface area contributed by atoms with E-state index in [-0.39, 0.29) is 0 Å². The van der Waals surface area contributed by atoms with Gasteiger partial charge in [-0.25, -0.2) is 0 Å². The SMILES string of the molecule is NCc1ccc2cc(CCN3CC4(CCC4)C3)[nH]c2c1. The number of rotatable bonds is 4. The van der Waals surface area contributed by atoms with Crippen molar-refractivity contribution in [1.82, 2.24) is 9.88 Å². The second kappa shape index (κ2) is 4.61. The number of nitrogens with one attached hydrogen (secondary N) is 1. The van der Waals surface area contributed by atoms with E-state index in [4.69, 9.17) is 5.73 Å². The molecule has 1 saturated carbocycles. The molecule has 0 amide bonds. The van der Waals surface area contributed by atoms with Crippen LogP contribution in [0.3, 0.4) is 0 Å². The maximum absolute atomic E-state index is 5.70. The van der Waals surface area contributed by atoms with Crippen LogP contribution in [0, 0.1) is 5.41 Å². The van der Waals surface area contributed by atoms with Gasteiger partial charge in [0.05, 0.1) is 0 Å². The summed E-state index contributed by atoms with van der Waals surface area (Å²) in [5.74, 6) is 0. The molecule has 106 valence electrons. The third-order valence-corrected chi connectivity index (χ3v) is 5.21. The summed E-state index contributed by atoms with van der Waals surface area (Å²) < 4.78 is 0. The Morgan fingerprint density at radius 2 is 2.05 bits per heavy atom. The Morgan fingerprint density at radius 3 is 2.75 bits per heavy atom. The van der Waals surface area contributed by atoms with Crippen LogP contribution in [0.5, 0.6) is 0 Å². The van der Waals surface area contributed by atoms with Gasteiger partial charge in [0.25, 0.3) is 0 Å². The highest BCUT2D eigenvalue weighted by Crippen LogP contribution is 2.47. The largest absolute Gasteiger partial charge is 0.358 e. The van der Waals surface area contributed by atoms with Gasteiger partial charge in [0.15, 0.2) is 0 Å². The van der Waals surface area contributed by atoms with Gasteiger partial charge >= 0.3 is 0 Å². The molecule has 1 spiro atoms. The zero-order chi connectivity index (χ0) is 13.6. The number of likely N-dealkylation sites (tertiary alicyclic amines) is 1. The molecule has 1 aliphatic carbocycles. The maximum Gasteiger partial charge on any atom is 0.0459 e. The van der Waals surface area contributed by atoms with E-state index in [0.29, 0.717) is 6.54 Å². The van der Waals surface area contributed by atoms with Crippen molar-refractivity contribution < 1.29 is 0 Å². The van der Waals surface area contributed by atoms with E-state index in [2.05, 4.69) is 34.1 Å². The molecular formula is C17H23N3. The molecule has 3 heteroatoms. The average molecular weight is 269 g/mol. The summed E-state index contributed by atoms with van der Waals surface area (Å²) in [6, 6.07) is 8.75. The van der Waals surface area contributed by atoms with Gasteiger partial charge in [0, 0.05) is 43.8 Å². The molecule has 3 N–H and O–H groups in total. The van der Waals surface area contributed by atoms with Crippen LogP contribution >= 0.6 is 0 Å². The third-order valence-electron chi connectivity index (χ3n) is 5.21. The summed E-state index contributed by atoms with van der Waals surface area (Å²) >= 11 is 0. The third kappa shape index (κ3) is 2.05. The second-order valence-corrected chi connectivity index (χ2v) is 6.73. The predicted octanol–water partition coefficient (Wildman–Crippen LogP) is 2.66. The lowest BCUT2D eigenvalue weighted by Crippen LogP contribution is -2.59. The summed E-state index contributed by atoms with van der Waals surface area (Å²) in [5.41, 5.74) is 10.2. The van der Waals surface area contributed by atoms with Crippen LogP contribution in [0.2, 0.25) is 0 Å². The van der Waals surface area contributed by atoms with E-state index in [0.717, 1.165) is 11.8 Å². The number of hydrogen-bond acceptors (Lipinski definition) is 2. The fourth-order valence-corrected chi connectivity index (χ4v) is 3.83. The van der Waals surface area contributed by atoms with E-state index in [1.54, 1.807) is 0 Å². The smallest absolute Gasteiger partial charge is 0.0459 e. The molecule has 1 aliphatic heterocycles. The first-order chi connectivity index (χ1) is 9.76. The minimum Gasteiger partial charge on any atom is -0.358 e. The number of aromatic amines is 1. The van der Waals surface area contributed by atoms with Crippen LogP contribution in [0.1, 0.15) is 30.5 Å². The number of nitrogens with two attached hydrogens (primary N) is 1. The van der Waals surface area contributed by atoms with Gasteiger partial charge in [-0.1, -0.05) is 18.6 Å². The molecule has 20 heavy (non-hydrogen) atoms. The van der Waals surface area contributed by atoms with E-state index in [1.165, 1.54) is 61.1 Å². The van der Waals surface area contributed by atoms with Gasteiger partial charge in [0.2, 0.25) is 0 Å². The lowest BCUT2D eigenvalue weighted by atomic mass is 9.63. The van der Waals surface area contributed by atoms with Crippen LogP contribution in [-0.4, -0.2) is 29.5 Å². The van der Waals surface area contributed by atoms with Crippen LogP contribution in [0.4, 0.5) is 0 Å². The van der Waals surface area contributed by atoms with Crippen molar-refractivity contribution in [3.63, 3.8) is 0 Å². The van der Waals surface area contributed by atoms with Crippen LogP contribution < -0.4 is 5.73 Å². The normalized spacial score (nSPS) is 21.1. The zero-order valence-electron chi connectivity index (χ0n) is 12.0. The Morgan fingerprint density at radius 1 is 1.20 bits per heavy atom. The lowest BCUT2D eigenvalue weighted by molar-refractivity contribution is -0.0587. The van der Waals surface area contributed by atoms with Crippen molar-refractivity contribution in [2.45, 2.75) is 32.2 Å². The van der Waals surface area contributed by atoms with E-state index in [9.17, 15) is 0 Å². The van der Waals surface area contributed by atoms with Crippen molar-refractivity contribution in [3.05, 3.63) is 35.5 Å². The first kappa shape index (κ1) is 12.4. The Labute approximate surface area is 120 Å². The van der Waals surface area contributed by atoms with E-state index >= 15 is 0 Å². The monoisotopic (exact) mass is 269 g/mol. The molecule has 1 aromatic carbocycles. The van der Waals surface area contributed by atoms with Gasteiger partial charge in [-0.3, -0.25) is 0 Å². The standard InChI is InChI=1S/C17H23N3/c18-10-13-2-3-14-9-15(19-16(14)8-13)4-7-20-11-17(12-20)5-1-6-17/h2-3,8-9,19H,1,4-7,10-12,18H2. The number of fused-ring (bicyclic) bond motifs is 1. The molecule has 3 nitrogen and oxygen atoms in total. The molecule has 2 aromatic rings. The van der Waals surface area contributed by atoms with Gasteiger partial charge in [-0.05, 0) is 41.3 Å². The van der Waals surface area contributed by atoms with Gasteiger partial charge in [-0.2, -0.15) is 0 Å². The van der Waals surface area contributed by atoms with E-state index < -0.39 is 0 Å². The Balaban J connectivity index is 1.39. The van der Waals surface area contributed by atoms with Crippen molar-refractivity contribution in [3.8, 4) is 0 Å². The van der Waals surface area contributed by atoms with Crippen molar-refractivity contribution in [1.29, 1.82) is 0 Å². The van der Waals surface area contributed by atoms with Crippen molar-refractivity contribution in [2.24, 2.45) is 11.1 Å². The number of nitrogens with zero attached hydrogens (tertiary/aromatic N) is 1. The number of benzene rings is 1. The topological polar surface area (TPSA) is 45.0 Å². The van der Waals surface area contributed by atoms with E-state index in [1.807, 2.05) is 0 Å². The van der Waals surface area contributed by atoms with Crippen LogP contribution in [0.15, 0.2) is 24.3 Å². The summed E-state index contributed by atoms with van der Waals surface area (Å²) in [6.07, 6.45) is 5.53. The highest BCUT2D eigenvalue weighted by molar-refractivity contribution is 5.81. The number of H-pyrrole nitrogens is 1. The summed E-state index contributed by atoms with van der Waals surface area (Å²) in [6.45, 7) is 4.48. The average Bonchev–Trinajstić information content (AvgIpc) is 2.76. The molecule has 0 atom stereocenters. The molecule has 1 aromatic heterocycles. The summed E-state index contributed by atoms with van der Waals surface area (Å²) in [5, 5.41) is 1.30. The predicted molar refractivity (Wildman–Crippen MR) is 82.6 cm³/mol. The minimum absolute atomic E-state index is 0.611. The maximum atomic E-state index is 5.70. The molecule has 1 saturated heterocycles. The summed E-state index contributed by atoms with van der Waals surface area (Å²) in [7, 11) is 0. The quantitative estimate of drug-likeness (QED) is 0.896. The first-order valence-corrected chi connectivity index (χ1v) is 7.79. The first-order valence-electron chi connectivity index (χ1n) is 7.79. The molecule has 0 unspecified atom stereocenters. The summed E-state index contributed by atoms with van der Waals surface area (Å²) in [4.78, 5) is 6.15. The highest BCUT2D eigenvalue weighted by Gasteiger charge is 2.46. The minimum atomic E-state index is 0.611. The molecular weight excluding hydrogens is 246 g/mol. The van der Waals surface area contributed by atoms with Crippen molar-refractivity contribution >= 4 is 10.9 Å². The molecule has 2 fully saturated rings.